The summed E-state index contributed by atoms with van der Waals surface area (Å²) in [4.78, 5) is 28.3. The maximum absolute atomic E-state index is 12.5. The fourth-order valence-corrected chi connectivity index (χ4v) is 2.53. The molecule has 0 aromatic heterocycles. The smallest absolute Gasteiger partial charge is 0.253 e. The first kappa shape index (κ1) is 24.6. The number of carbonyl (C=O) groups is 2. The summed E-state index contributed by atoms with van der Waals surface area (Å²) in [5, 5.41) is 2.76. The average Bonchev–Trinajstić information content (AvgIpc) is 2.60. The van der Waals surface area contributed by atoms with E-state index < -0.39 is 6.04 Å². The highest BCUT2D eigenvalue weighted by Crippen LogP contribution is 2.10. The molecule has 9 heteroatoms. The number of benzene rings is 1. The summed E-state index contributed by atoms with van der Waals surface area (Å²) in [5.74, 6) is -0.199. The average molecular weight is 407 g/mol. The monoisotopic (exact) mass is 406 g/mol. The number of nitrogens with one attached hydrogen (secondary N) is 1. The molecular weight excluding hydrogens is 379 g/mol. The summed E-state index contributed by atoms with van der Waals surface area (Å²) >= 11 is 0. The lowest BCUT2D eigenvalue weighted by Gasteiger charge is -2.32. The Morgan fingerprint density at radius 3 is 2.27 bits per heavy atom. The van der Waals surface area contributed by atoms with Gasteiger partial charge in [0.2, 0.25) is 5.91 Å². The van der Waals surface area contributed by atoms with Crippen molar-refractivity contribution in [3.63, 3.8) is 0 Å². The molecule has 0 bridgehead atoms. The number of methoxy groups -OCH3 is 1. The molecule has 0 saturated carbocycles. The Morgan fingerprint density at radius 2 is 1.73 bits per heavy atom. The van der Waals surface area contributed by atoms with Gasteiger partial charge >= 0.3 is 0 Å². The lowest BCUT2D eigenvalue weighted by atomic mass is 10.1. The maximum Gasteiger partial charge on any atom is 0.253 e. The molecule has 1 heterocycles. The van der Waals surface area contributed by atoms with Crippen molar-refractivity contribution in [2.45, 2.75) is 12.6 Å². The lowest BCUT2D eigenvalue weighted by Crippen LogP contribution is -2.47. The van der Waals surface area contributed by atoms with Crippen LogP contribution in [0.15, 0.2) is 24.3 Å². The molecule has 1 aromatic carbocycles. The van der Waals surface area contributed by atoms with Crippen LogP contribution in [0.1, 0.15) is 15.9 Å². The zero-order valence-corrected chi connectivity index (χ0v) is 16.8. The Hall–Kier alpha value is -1.38. The van der Waals surface area contributed by atoms with Gasteiger partial charge in [-0.25, -0.2) is 0 Å². The first-order chi connectivity index (χ1) is 11.5. The summed E-state index contributed by atoms with van der Waals surface area (Å²) in [6.07, 6.45) is 0. The number of nitrogens with two attached hydrogens (primary N) is 1. The Bertz CT molecular complexity index is 564. The van der Waals surface area contributed by atoms with E-state index in [1.807, 2.05) is 17.0 Å². The molecule has 148 valence electrons. The van der Waals surface area contributed by atoms with Crippen LogP contribution in [0.3, 0.4) is 0 Å². The molecule has 1 unspecified atom stereocenters. The number of hydrogen-bond acceptors (Lipinski definition) is 5. The highest BCUT2D eigenvalue weighted by Gasteiger charge is 2.20. The Balaban J connectivity index is 0.00000312. The van der Waals surface area contributed by atoms with Crippen molar-refractivity contribution in [3.8, 4) is 0 Å². The van der Waals surface area contributed by atoms with E-state index in [4.69, 9.17) is 10.5 Å². The van der Waals surface area contributed by atoms with Gasteiger partial charge in [-0.15, -0.1) is 24.8 Å². The van der Waals surface area contributed by atoms with Crippen LogP contribution < -0.4 is 11.1 Å². The summed E-state index contributed by atoms with van der Waals surface area (Å²) in [6.45, 7) is 3.87. The molecule has 2 amide bonds. The fourth-order valence-electron chi connectivity index (χ4n) is 2.53. The van der Waals surface area contributed by atoms with E-state index in [2.05, 4.69) is 17.3 Å². The third-order valence-corrected chi connectivity index (χ3v) is 4.14. The molecule has 3 N–H and O–H groups in total. The molecule has 1 saturated heterocycles. The molecule has 1 aliphatic heterocycles. The van der Waals surface area contributed by atoms with Crippen LogP contribution in [0.5, 0.6) is 0 Å². The zero-order valence-electron chi connectivity index (χ0n) is 15.1. The van der Waals surface area contributed by atoms with Crippen molar-refractivity contribution in [2.75, 3.05) is 46.9 Å². The number of ether oxygens (including phenoxy) is 1. The van der Waals surface area contributed by atoms with E-state index in [0.29, 0.717) is 12.1 Å². The van der Waals surface area contributed by atoms with Crippen LogP contribution in [0.25, 0.3) is 0 Å². The number of rotatable bonds is 6. The minimum atomic E-state index is -0.673. The fraction of sp³-hybridized carbons (Fsp3) is 0.529. The molecule has 0 radical (unpaired) electrons. The Labute approximate surface area is 167 Å². The molecule has 1 aliphatic rings. The van der Waals surface area contributed by atoms with Gasteiger partial charge in [-0.1, -0.05) is 12.1 Å². The largest absolute Gasteiger partial charge is 0.383 e. The summed E-state index contributed by atoms with van der Waals surface area (Å²) in [7, 11) is 3.56. The minimum Gasteiger partial charge on any atom is -0.383 e. The molecular formula is C17H28Cl2N4O3. The van der Waals surface area contributed by atoms with Crippen LogP contribution in [0.2, 0.25) is 0 Å². The van der Waals surface area contributed by atoms with E-state index in [-0.39, 0.29) is 43.2 Å². The number of halogens is 2. The molecule has 1 aromatic rings. The Morgan fingerprint density at radius 1 is 1.15 bits per heavy atom. The molecule has 0 aliphatic carbocycles. The van der Waals surface area contributed by atoms with Crippen molar-refractivity contribution in [1.29, 1.82) is 0 Å². The van der Waals surface area contributed by atoms with Gasteiger partial charge in [-0.2, -0.15) is 0 Å². The van der Waals surface area contributed by atoms with E-state index in [1.54, 1.807) is 12.1 Å². The van der Waals surface area contributed by atoms with Gasteiger partial charge in [-0.05, 0) is 24.7 Å². The van der Waals surface area contributed by atoms with Gasteiger partial charge in [-0.3, -0.25) is 9.59 Å². The van der Waals surface area contributed by atoms with Crippen LogP contribution in [0.4, 0.5) is 0 Å². The van der Waals surface area contributed by atoms with E-state index in [1.165, 1.54) is 7.11 Å². The van der Waals surface area contributed by atoms with Crippen molar-refractivity contribution in [2.24, 2.45) is 5.73 Å². The molecule has 1 fully saturated rings. The molecule has 26 heavy (non-hydrogen) atoms. The minimum absolute atomic E-state index is 0. The van der Waals surface area contributed by atoms with E-state index in [0.717, 1.165) is 31.7 Å². The number of hydrogen-bond donors (Lipinski definition) is 2. The maximum atomic E-state index is 12.5. The van der Waals surface area contributed by atoms with E-state index >= 15 is 0 Å². The van der Waals surface area contributed by atoms with Crippen molar-refractivity contribution >= 4 is 36.6 Å². The third kappa shape index (κ3) is 7.09. The van der Waals surface area contributed by atoms with Crippen molar-refractivity contribution in [3.05, 3.63) is 35.4 Å². The molecule has 1 atom stereocenters. The van der Waals surface area contributed by atoms with Crippen LogP contribution in [0, 0.1) is 0 Å². The summed E-state index contributed by atoms with van der Waals surface area (Å²) < 4.78 is 4.85. The first-order valence-electron chi connectivity index (χ1n) is 8.10. The second kappa shape index (κ2) is 12.1. The van der Waals surface area contributed by atoms with Crippen LogP contribution in [-0.4, -0.2) is 74.6 Å². The normalized spacial score (nSPS) is 15.4. The zero-order chi connectivity index (χ0) is 17.5. The molecule has 7 nitrogen and oxygen atoms in total. The lowest BCUT2D eigenvalue weighted by molar-refractivity contribution is -0.123. The van der Waals surface area contributed by atoms with Crippen molar-refractivity contribution in [1.82, 2.24) is 15.1 Å². The second-order valence-electron chi connectivity index (χ2n) is 6.07. The van der Waals surface area contributed by atoms with Crippen LogP contribution in [-0.2, 0) is 16.1 Å². The summed E-state index contributed by atoms with van der Waals surface area (Å²) in [5.41, 5.74) is 7.25. The third-order valence-electron chi connectivity index (χ3n) is 4.14. The Kier molecular flexibility index (Phi) is 11.4. The number of piperazine rings is 1. The van der Waals surface area contributed by atoms with Gasteiger partial charge in [0.25, 0.3) is 5.91 Å². The molecule has 0 spiro atoms. The molecule has 2 rings (SSSR count). The number of nitrogens with zero attached hydrogens (tertiary/aromatic N) is 2. The highest BCUT2D eigenvalue weighted by molar-refractivity contribution is 5.94. The van der Waals surface area contributed by atoms with Crippen LogP contribution >= 0.6 is 24.8 Å². The number of likely N-dealkylation sites (N-methyl/N-ethyl adjacent to an activating group) is 1. The SMILES string of the molecule is COCC(N)C(=O)NCc1ccc(C(=O)N2CCN(C)CC2)cc1.Cl.Cl. The van der Waals surface area contributed by atoms with Gasteiger partial charge in [0.05, 0.1) is 6.61 Å². The number of amides is 2. The van der Waals surface area contributed by atoms with Gasteiger partial charge < -0.3 is 25.6 Å². The second-order valence-corrected chi connectivity index (χ2v) is 6.07. The quantitative estimate of drug-likeness (QED) is 0.718. The topological polar surface area (TPSA) is 87.9 Å². The summed E-state index contributed by atoms with van der Waals surface area (Å²) in [6, 6.07) is 6.64. The van der Waals surface area contributed by atoms with Gasteiger partial charge in [0.1, 0.15) is 6.04 Å². The predicted octanol–water partition coefficient (Wildman–Crippen LogP) is 0.508. The predicted molar refractivity (Wildman–Crippen MR) is 106 cm³/mol. The van der Waals surface area contributed by atoms with Gasteiger partial charge in [0, 0.05) is 45.4 Å². The van der Waals surface area contributed by atoms with Crippen molar-refractivity contribution < 1.29 is 14.3 Å². The number of carbonyl (C=O) groups excluding carboxylic acids is 2. The van der Waals surface area contributed by atoms with E-state index in [9.17, 15) is 9.59 Å². The first-order valence-corrected chi connectivity index (χ1v) is 8.10. The van der Waals surface area contributed by atoms with Gasteiger partial charge in [0.15, 0.2) is 0 Å². The standard InChI is InChI=1S/C17H26N4O3.2ClH/c1-20-7-9-21(10-8-20)17(23)14-5-3-13(4-6-14)11-19-16(22)15(18)12-24-2;;/h3-6,15H,7-12,18H2,1-2H3,(H,19,22);2*1H. The highest BCUT2D eigenvalue weighted by atomic mass is 35.5.